The molecule has 0 radical (unpaired) electrons. The molecular formula is C12H10F5NO3. The average Bonchev–Trinajstić information content (AvgIpc) is 2.43. The van der Waals surface area contributed by atoms with Gasteiger partial charge < -0.3 is 10.4 Å². The summed E-state index contributed by atoms with van der Waals surface area (Å²) in [6, 6.07) is 0. The van der Waals surface area contributed by atoms with Gasteiger partial charge in [0, 0.05) is 6.54 Å². The molecule has 1 aromatic carbocycles. The lowest BCUT2D eigenvalue weighted by molar-refractivity contribution is -0.141. The van der Waals surface area contributed by atoms with Crippen LogP contribution in [0.2, 0.25) is 0 Å². The Morgan fingerprint density at radius 1 is 1.00 bits per heavy atom. The molecule has 0 heterocycles. The molecule has 1 unspecified atom stereocenters. The molecule has 0 aliphatic carbocycles. The van der Waals surface area contributed by atoms with E-state index in [0.717, 1.165) is 0 Å². The number of nitrogens with one attached hydrogen (secondary N) is 1. The fourth-order valence-electron chi connectivity index (χ4n) is 1.51. The van der Waals surface area contributed by atoms with E-state index in [4.69, 9.17) is 5.11 Å². The summed E-state index contributed by atoms with van der Waals surface area (Å²) in [5.74, 6) is -15.3. The number of halogens is 5. The maximum Gasteiger partial charge on any atom is 0.308 e. The van der Waals surface area contributed by atoms with Crippen LogP contribution in [0.15, 0.2) is 0 Å². The van der Waals surface area contributed by atoms with Crippen molar-refractivity contribution in [2.45, 2.75) is 13.3 Å². The maximum absolute atomic E-state index is 13.3. The van der Waals surface area contributed by atoms with Crippen molar-refractivity contribution in [3.63, 3.8) is 0 Å². The van der Waals surface area contributed by atoms with Gasteiger partial charge in [0.1, 0.15) is 5.56 Å². The quantitative estimate of drug-likeness (QED) is 0.498. The van der Waals surface area contributed by atoms with Crippen LogP contribution < -0.4 is 5.32 Å². The fourth-order valence-corrected chi connectivity index (χ4v) is 1.51. The van der Waals surface area contributed by atoms with Crippen molar-refractivity contribution in [3.05, 3.63) is 34.6 Å². The molecule has 2 N–H and O–H groups in total. The summed E-state index contributed by atoms with van der Waals surface area (Å²) in [5.41, 5.74) is -1.65. The second-order valence-electron chi connectivity index (χ2n) is 4.10. The maximum atomic E-state index is 13.3. The highest BCUT2D eigenvalue weighted by molar-refractivity contribution is 5.95. The number of carbonyl (C=O) groups excluding carboxylic acids is 1. The van der Waals surface area contributed by atoms with Gasteiger partial charge in [-0.2, -0.15) is 0 Å². The van der Waals surface area contributed by atoms with E-state index in [-0.39, 0.29) is 6.42 Å². The molecule has 1 rings (SSSR count). The molecule has 0 aliphatic heterocycles. The number of benzene rings is 1. The largest absolute Gasteiger partial charge is 0.481 e. The Morgan fingerprint density at radius 2 is 1.43 bits per heavy atom. The number of carboxylic acid groups (broad SMARTS) is 1. The molecule has 0 fully saturated rings. The van der Waals surface area contributed by atoms with Crippen LogP contribution in [0.1, 0.15) is 23.7 Å². The summed E-state index contributed by atoms with van der Waals surface area (Å²) in [4.78, 5) is 22.2. The lowest BCUT2D eigenvalue weighted by atomic mass is 10.1. The monoisotopic (exact) mass is 311 g/mol. The van der Waals surface area contributed by atoms with Crippen molar-refractivity contribution in [2.75, 3.05) is 6.54 Å². The number of aliphatic carboxylic acids is 1. The standard InChI is InChI=1S/C12H10F5NO3/c1-2-4(12(20)21)3-18-11(19)5-6(13)8(15)10(17)9(16)7(5)14/h4H,2-3H2,1H3,(H,18,19)(H,20,21). The van der Waals surface area contributed by atoms with Gasteiger partial charge in [-0.3, -0.25) is 9.59 Å². The number of carboxylic acids is 1. The van der Waals surface area contributed by atoms with Gasteiger partial charge in [-0.15, -0.1) is 0 Å². The molecule has 1 atom stereocenters. The number of carbonyl (C=O) groups is 2. The Balaban J connectivity index is 3.07. The van der Waals surface area contributed by atoms with Crippen molar-refractivity contribution >= 4 is 11.9 Å². The van der Waals surface area contributed by atoms with Gasteiger partial charge in [0.15, 0.2) is 23.3 Å². The van der Waals surface area contributed by atoms with E-state index in [9.17, 15) is 31.5 Å². The van der Waals surface area contributed by atoms with Gasteiger partial charge in [0.05, 0.1) is 5.92 Å². The van der Waals surface area contributed by atoms with E-state index < -0.39 is 59.0 Å². The first-order valence-electron chi connectivity index (χ1n) is 5.74. The molecule has 0 bridgehead atoms. The first kappa shape index (κ1) is 16.9. The molecule has 0 spiro atoms. The van der Waals surface area contributed by atoms with Gasteiger partial charge in [0.25, 0.3) is 5.91 Å². The van der Waals surface area contributed by atoms with E-state index in [0.29, 0.717) is 0 Å². The van der Waals surface area contributed by atoms with Crippen molar-refractivity contribution in [3.8, 4) is 0 Å². The molecule has 1 amide bonds. The summed E-state index contributed by atoms with van der Waals surface area (Å²) < 4.78 is 65.3. The van der Waals surface area contributed by atoms with Crippen LogP contribution in [0.3, 0.4) is 0 Å². The molecule has 0 saturated heterocycles. The third-order valence-corrected chi connectivity index (χ3v) is 2.79. The Labute approximate surface area is 115 Å². The van der Waals surface area contributed by atoms with E-state index in [1.54, 1.807) is 0 Å². The van der Waals surface area contributed by atoms with E-state index in [1.807, 2.05) is 5.32 Å². The van der Waals surface area contributed by atoms with Crippen molar-refractivity contribution in [2.24, 2.45) is 5.92 Å². The molecule has 0 aromatic heterocycles. The third-order valence-electron chi connectivity index (χ3n) is 2.79. The molecule has 0 saturated carbocycles. The van der Waals surface area contributed by atoms with Crippen LogP contribution in [-0.4, -0.2) is 23.5 Å². The van der Waals surface area contributed by atoms with Gasteiger partial charge in [-0.05, 0) is 6.42 Å². The van der Waals surface area contributed by atoms with Crippen molar-refractivity contribution in [1.29, 1.82) is 0 Å². The summed E-state index contributed by atoms with van der Waals surface area (Å²) in [7, 11) is 0. The molecule has 9 heteroatoms. The van der Waals surface area contributed by atoms with E-state index in [2.05, 4.69) is 0 Å². The number of amides is 1. The highest BCUT2D eigenvalue weighted by Crippen LogP contribution is 2.22. The minimum absolute atomic E-state index is 0.104. The molecule has 1 aromatic rings. The Kier molecular flexibility index (Phi) is 5.23. The van der Waals surface area contributed by atoms with Crippen LogP contribution in [0, 0.1) is 35.0 Å². The SMILES string of the molecule is CCC(CNC(=O)c1c(F)c(F)c(F)c(F)c1F)C(=O)O. The molecular weight excluding hydrogens is 301 g/mol. The predicted molar refractivity (Wildman–Crippen MR) is 60.0 cm³/mol. The van der Waals surface area contributed by atoms with E-state index in [1.165, 1.54) is 6.92 Å². The Morgan fingerprint density at radius 3 is 1.81 bits per heavy atom. The van der Waals surface area contributed by atoms with Gasteiger partial charge >= 0.3 is 5.97 Å². The second kappa shape index (κ2) is 6.51. The predicted octanol–water partition coefficient (Wildman–Crippen LogP) is 2.22. The summed E-state index contributed by atoms with van der Waals surface area (Å²) in [6.45, 7) is 0.980. The highest BCUT2D eigenvalue weighted by Gasteiger charge is 2.30. The van der Waals surface area contributed by atoms with Gasteiger partial charge in [-0.25, -0.2) is 22.0 Å². The zero-order chi connectivity index (χ0) is 16.3. The van der Waals surface area contributed by atoms with Crippen molar-refractivity contribution < 1.29 is 36.6 Å². The molecule has 4 nitrogen and oxygen atoms in total. The highest BCUT2D eigenvalue weighted by atomic mass is 19.2. The Hall–Kier alpha value is -2.19. The first-order chi connectivity index (χ1) is 9.72. The number of hydrogen-bond acceptors (Lipinski definition) is 2. The number of rotatable bonds is 5. The van der Waals surface area contributed by atoms with Gasteiger partial charge in [0.2, 0.25) is 5.82 Å². The summed E-state index contributed by atoms with van der Waals surface area (Å²) in [5, 5.41) is 10.6. The first-order valence-corrected chi connectivity index (χ1v) is 5.74. The Bertz CT molecular complexity index is 562. The lowest BCUT2D eigenvalue weighted by Crippen LogP contribution is -2.34. The van der Waals surface area contributed by atoms with Crippen LogP contribution >= 0.6 is 0 Å². The third kappa shape index (κ3) is 3.29. The summed E-state index contributed by atoms with van der Waals surface area (Å²) in [6.07, 6.45) is 0.104. The topological polar surface area (TPSA) is 66.4 Å². The zero-order valence-corrected chi connectivity index (χ0v) is 10.6. The van der Waals surface area contributed by atoms with Crippen LogP contribution in [0.25, 0.3) is 0 Å². The van der Waals surface area contributed by atoms with E-state index >= 15 is 0 Å². The fraction of sp³-hybridized carbons (Fsp3) is 0.333. The van der Waals surface area contributed by atoms with Crippen LogP contribution in [0.4, 0.5) is 22.0 Å². The average molecular weight is 311 g/mol. The molecule has 0 aliphatic rings. The van der Waals surface area contributed by atoms with Crippen LogP contribution in [0.5, 0.6) is 0 Å². The second-order valence-corrected chi connectivity index (χ2v) is 4.10. The lowest BCUT2D eigenvalue weighted by Gasteiger charge is -2.12. The zero-order valence-electron chi connectivity index (χ0n) is 10.6. The molecule has 21 heavy (non-hydrogen) atoms. The minimum Gasteiger partial charge on any atom is -0.481 e. The minimum atomic E-state index is -2.38. The number of hydrogen-bond donors (Lipinski definition) is 2. The van der Waals surface area contributed by atoms with Gasteiger partial charge in [-0.1, -0.05) is 6.92 Å². The normalized spacial score (nSPS) is 12.1. The summed E-state index contributed by atoms with van der Waals surface area (Å²) >= 11 is 0. The van der Waals surface area contributed by atoms with Crippen LogP contribution in [-0.2, 0) is 4.79 Å². The smallest absolute Gasteiger partial charge is 0.308 e. The molecule has 116 valence electrons. The van der Waals surface area contributed by atoms with Crippen molar-refractivity contribution in [1.82, 2.24) is 5.32 Å².